The van der Waals surface area contributed by atoms with E-state index in [2.05, 4.69) is 16.9 Å². The van der Waals surface area contributed by atoms with Crippen LogP contribution in [0.5, 0.6) is 0 Å². The number of ether oxygens (including phenoxy) is 6. The molecule has 0 aromatic carbocycles. The molecule has 0 atom stereocenters. The van der Waals surface area contributed by atoms with Crippen LogP contribution in [0.3, 0.4) is 0 Å². The second kappa shape index (κ2) is 23.6. The van der Waals surface area contributed by atoms with Crippen LogP contribution >= 0.6 is 21.6 Å². The quantitative estimate of drug-likeness (QED) is 0.157. The van der Waals surface area contributed by atoms with E-state index in [0.29, 0.717) is 84.3 Å². The van der Waals surface area contributed by atoms with E-state index in [0.717, 1.165) is 25.7 Å². The monoisotopic (exact) mass is 540 g/mol. The molecule has 0 aromatic heterocycles. The van der Waals surface area contributed by atoms with Gasteiger partial charge in [-0.2, -0.15) is 0 Å². The van der Waals surface area contributed by atoms with Gasteiger partial charge in [0.25, 0.3) is 0 Å². The molecule has 1 fully saturated rings. The molecule has 12 heteroatoms. The van der Waals surface area contributed by atoms with Crippen LogP contribution in [0.25, 0.3) is 0 Å². The first-order valence-corrected chi connectivity index (χ1v) is 15.1. The van der Waals surface area contributed by atoms with E-state index in [9.17, 15) is 9.59 Å². The lowest BCUT2D eigenvalue weighted by Crippen LogP contribution is -2.38. The summed E-state index contributed by atoms with van der Waals surface area (Å²) in [5.41, 5.74) is 0. The third kappa shape index (κ3) is 20.0. The Morgan fingerprint density at radius 3 is 1.71 bits per heavy atom. The van der Waals surface area contributed by atoms with Crippen LogP contribution in [0.1, 0.15) is 39.0 Å². The molecule has 206 valence electrons. The Kier molecular flexibility index (Phi) is 21.8. The van der Waals surface area contributed by atoms with Gasteiger partial charge in [0, 0.05) is 24.3 Å². The number of hydrogen-bond acceptors (Lipinski definition) is 10. The summed E-state index contributed by atoms with van der Waals surface area (Å²) in [5.74, 6) is 0.0261. The third-order valence-electron chi connectivity index (χ3n) is 5.07. The molecule has 0 unspecified atom stereocenters. The largest absolute Gasteiger partial charge is 0.447 e. The lowest BCUT2D eigenvalue weighted by atomic mass is 9.95. The molecule has 2 N–H and O–H groups in total. The van der Waals surface area contributed by atoms with Crippen LogP contribution in [0.4, 0.5) is 4.79 Å². The molecule has 1 aliphatic rings. The number of carbonyl (C=O) groups is 2. The lowest BCUT2D eigenvalue weighted by molar-refractivity contribution is -0.121. The molecule has 10 nitrogen and oxygen atoms in total. The van der Waals surface area contributed by atoms with Crippen molar-refractivity contribution in [3.8, 4) is 0 Å². The van der Waals surface area contributed by atoms with Gasteiger partial charge >= 0.3 is 6.09 Å². The Morgan fingerprint density at radius 2 is 1.23 bits per heavy atom. The summed E-state index contributed by atoms with van der Waals surface area (Å²) in [6.45, 7) is 7.20. The zero-order chi connectivity index (χ0) is 25.4. The Hall–Kier alpha value is -0.760. The normalized spacial score (nSPS) is 17.8. The molecular weight excluding hydrogens is 496 g/mol. The Balaban J connectivity index is 1.74. The van der Waals surface area contributed by atoms with Gasteiger partial charge in [-0.3, -0.25) is 4.79 Å². The fraction of sp³-hybridized carbons (Fsp3) is 0.913. The van der Waals surface area contributed by atoms with Crippen molar-refractivity contribution in [2.75, 3.05) is 85.5 Å². The molecule has 0 saturated heterocycles. The predicted octanol–water partition coefficient (Wildman–Crippen LogP) is 2.64. The summed E-state index contributed by atoms with van der Waals surface area (Å²) in [7, 11) is 3.74. The number of nitrogens with one attached hydrogen (secondary N) is 2. The number of carbonyl (C=O) groups excluding carboxylic acids is 2. The highest BCUT2D eigenvalue weighted by atomic mass is 33.1. The fourth-order valence-corrected chi connectivity index (χ4v) is 5.34. The van der Waals surface area contributed by atoms with Crippen molar-refractivity contribution in [2.24, 2.45) is 0 Å². The van der Waals surface area contributed by atoms with Crippen molar-refractivity contribution in [3.63, 3.8) is 0 Å². The van der Waals surface area contributed by atoms with Crippen LogP contribution in [0, 0.1) is 0 Å². The van der Waals surface area contributed by atoms with E-state index in [1.54, 1.807) is 0 Å². The first kappa shape index (κ1) is 32.3. The number of amides is 2. The van der Waals surface area contributed by atoms with Crippen LogP contribution in [0.2, 0.25) is 0 Å². The first-order valence-electron chi connectivity index (χ1n) is 12.4. The summed E-state index contributed by atoms with van der Waals surface area (Å²) < 4.78 is 32.2. The van der Waals surface area contributed by atoms with Gasteiger partial charge in [-0.1, -0.05) is 28.5 Å². The van der Waals surface area contributed by atoms with E-state index >= 15 is 0 Å². The summed E-state index contributed by atoms with van der Waals surface area (Å²) in [5, 5.41) is 6.38. The molecule has 1 saturated carbocycles. The SMILES string of the molecule is CCC(=O)NCCOCCOCCOCCOCCOCCOC(=O)NC1CCC(SSC)CC1. The average Bonchev–Trinajstić information content (AvgIpc) is 2.86. The van der Waals surface area contributed by atoms with Crippen LogP contribution in [-0.2, 0) is 33.2 Å². The van der Waals surface area contributed by atoms with Gasteiger partial charge in [0.15, 0.2) is 0 Å². The van der Waals surface area contributed by atoms with Gasteiger partial charge in [0.1, 0.15) is 6.61 Å². The molecular formula is C23H44N2O8S2. The van der Waals surface area contributed by atoms with E-state index in [1.165, 1.54) is 0 Å². The first-order chi connectivity index (χ1) is 17.2. The maximum absolute atomic E-state index is 11.9. The minimum Gasteiger partial charge on any atom is -0.447 e. The fourth-order valence-electron chi connectivity index (χ4n) is 3.21. The van der Waals surface area contributed by atoms with Gasteiger partial charge in [-0.05, 0) is 31.9 Å². The van der Waals surface area contributed by atoms with Crippen molar-refractivity contribution in [1.82, 2.24) is 10.6 Å². The summed E-state index contributed by atoms with van der Waals surface area (Å²) in [6.07, 6.45) is 6.52. The maximum atomic E-state index is 11.9. The molecule has 0 aromatic rings. The van der Waals surface area contributed by atoms with E-state index < -0.39 is 0 Å². The van der Waals surface area contributed by atoms with Gasteiger partial charge in [0.05, 0.1) is 66.1 Å². The van der Waals surface area contributed by atoms with Gasteiger partial charge in [-0.25, -0.2) is 4.79 Å². The van der Waals surface area contributed by atoms with E-state index in [-0.39, 0.29) is 24.6 Å². The zero-order valence-electron chi connectivity index (χ0n) is 21.3. The molecule has 35 heavy (non-hydrogen) atoms. The Morgan fingerprint density at radius 1 is 0.743 bits per heavy atom. The van der Waals surface area contributed by atoms with Crippen LogP contribution in [0.15, 0.2) is 0 Å². The molecule has 2 amide bonds. The van der Waals surface area contributed by atoms with Gasteiger partial charge in [-0.15, -0.1) is 0 Å². The molecule has 0 heterocycles. The molecule has 0 radical (unpaired) electrons. The van der Waals surface area contributed by atoms with Crippen molar-refractivity contribution >= 4 is 33.6 Å². The standard InChI is InChI=1S/C23H44N2O8S2/c1-3-22(26)24-8-9-28-10-11-29-12-13-30-14-15-31-16-17-32-18-19-33-23(27)25-20-4-6-21(7-5-20)35-34-2/h20-21H,3-19H2,1-2H3,(H,24,26)(H,25,27). The summed E-state index contributed by atoms with van der Waals surface area (Å²) >= 11 is 0. The number of alkyl carbamates (subject to hydrolysis) is 1. The molecule has 0 aliphatic heterocycles. The van der Waals surface area contributed by atoms with Crippen LogP contribution in [-0.4, -0.2) is 109 Å². The minimum absolute atomic E-state index is 0.0261. The molecule has 1 aliphatic carbocycles. The molecule has 0 bridgehead atoms. The number of hydrogen-bond donors (Lipinski definition) is 2. The second-order valence-electron chi connectivity index (χ2n) is 7.78. The molecule has 1 rings (SSSR count). The van der Waals surface area contributed by atoms with Crippen molar-refractivity contribution < 1.29 is 38.0 Å². The maximum Gasteiger partial charge on any atom is 0.407 e. The minimum atomic E-state index is -0.364. The highest BCUT2D eigenvalue weighted by molar-refractivity contribution is 8.76. The topological polar surface area (TPSA) is 114 Å². The summed E-state index contributed by atoms with van der Waals surface area (Å²) in [4.78, 5) is 22.9. The van der Waals surface area contributed by atoms with Crippen molar-refractivity contribution in [2.45, 2.75) is 50.3 Å². The molecule has 0 spiro atoms. The van der Waals surface area contributed by atoms with Crippen molar-refractivity contribution in [3.05, 3.63) is 0 Å². The van der Waals surface area contributed by atoms with E-state index in [4.69, 9.17) is 28.4 Å². The smallest absolute Gasteiger partial charge is 0.407 e. The second-order valence-corrected chi connectivity index (χ2v) is 10.6. The van der Waals surface area contributed by atoms with E-state index in [1.807, 2.05) is 28.5 Å². The lowest BCUT2D eigenvalue weighted by Gasteiger charge is -2.27. The van der Waals surface area contributed by atoms with Gasteiger partial charge in [0.2, 0.25) is 5.91 Å². The zero-order valence-corrected chi connectivity index (χ0v) is 22.9. The third-order valence-corrected chi connectivity index (χ3v) is 7.40. The van der Waals surface area contributed by atoms with Crippen molar-refractivity contribution in [1.29, 1.82) is 0 Å². The Labute approximate surface area is 218 Å². The highest BCUT2D eigenvalue weighted by Crippen LogP contribution is 2.34. The Bertz CT molecular complexity index is 526. The number of rotatable bonds is 22. The predicted molar refractivity (Wildman–Crippen MR) is 139 cm³/mol. The summed E-state index contributed by atoms with van der Waals surface area (Å²) in [6, 6.07) is 0.218. The highest BCUT2D eigenvalue weighted by Gasteiger charge is 2.22. The van der Waals surface area contributed by atoms with Gasteiger partial charge < -0.3 is 39.1 Å². The van der Waals surface area contributed by atoms with Crippen LogP contribution < -0.4 is 10.6 Å². The average molecular weight is 541 g/mol.